The number of carbonyl (C=O) groups is 1. The molecule has 0 aromatic carbocycles. The van der Waals surface area contributed by atoms with Crippen molar-refractivity contribution in [1.82, 2.24) is 5.32 Å². The van der Waals surface area contributed by atoms with Gasteiger partial charge in [0.05, 0.1) is 0 Å². The van der Waals surface area contributed by atoms with E-state index in [-0.39, 0.29) is 5.91 Å². The first kappa shape index (κ1) is 8.57. The lowest BCUT2D eigenvalue weighted by Gasteiger charge is -2.26. The molecule has 0 heterocycles. The third-order valence-corrected chi connectivity index (χ3v) is 2.42. The van der Waals surface area contributed by atoms with Gasteiger partial charge in [-0.3, -0.25) is 4.79 Å². The normalized spacial score (nSPS) is 31.5. The molecule has 1 aliphatic carbocycles. The second-order valence-corrected chi connectivity index (χ2v) is 3.66. The molecule has 0 saturated heterocycles. The minimum Gasteiger partial charge on any atom is -0.354 e. The third-order valence-electron chi connectivity index (χ3n) is 2.42. The first-order valence-corrected chi connectivity index (χ1v) is 4.45. The lowest BCUT2D eigenvalue weighted by atomic mass is 9.87. The highest BCUT2D eigenvalue weighted by molar-refractivity contribution is 5.73. The van der Waals surface area contributed by atoms with Gasteiger partial charge < -0.3 is 5.32 Å². The Morgan fingerprint density at radius 2 is 1.82 bits per heavy atom. The van der Waals surface area contributed by atoms with E-state index in [0.717, 1.165) is 5.92 Å². The molecule has 1 amide bonds. The summed E-state index contributed by atoms with van der Waals surface area (Å²) in [5.74, 6) is 0.976. The molecule has 11 heavy (non-hydrogen) atoms. The van der Waals surface area contributed by atoms with E-state index >= 15 is 0 Å². The van der Waals surface area contributed by atoms with Crippen molar-refractivity contribution >= 4 is 5.91 Å². The molecule has 0 spiro atoms. The van der Waals surface area contributed by atoms with Gasteiger partial charge >= 0.3 is 0 Å². The lowest BCUT2D eigenvalue weighted by Crippen LogP contribution is -2.35. The van der Waals surface area contributed by atoms with Crippen LogP contribution in [0.25, 0.3) is 0 Å². The van der Waals surface area contributed by atoms with Crippen LogP contribution >= 0.6 is 0 Å². The van der Waals surface area contributed by atoms with Crippen molar-refractivity contribution in [3.8, 4) is 0 Å². The van der Waals surface area contributed by atoms with Gasteiger partial charge in [-0.05, 0) is 31.6 Å². The van der Waals surface area contributed by atoms with Crippen LogP contribution in [-0.4, -0.2) is 11.9 Å². The van der Waals surface area contributed by atoms with Gasteiger partial charge in [-0.25, -0.2) is 0 Å². The van der Waals surface area contributed by atoms with Crippen LogP contribution in [0.2, 0.25) is 0 Å². The van der Waals surface area contributed by atoms with Crippen molar-refractivity contribution in [2.45, 2.75) is 45.6 Å². The highest BCUT2D eigenvalue weighted by Gasteiger charge is 2.17. The molecular formula is C9H17NO. The molecule has 0 radical (unpaired) electrons. The minimum atomic E-state index is 0.115. The maximum absolute atomic E-state index is 10.7. The molecule has 0 aliphatic heterocycles. The Hall–Kier alpha value is -0.530. The number of carbonyl (C=O) groups excluding carboxylic acids is 1. The van der Waals surface area contributed by atoms with Crippen LogP contribution in [0.15, 0.2) is 0 Å². The van der Waals surface area contributed by atoms with E-state index in [1.165, 1.54) is 25.7 Å². The smallest absolute Gasteiger partial charge is 0.217 e. The Morgan fingerprint density at radius 1 is 1.27 bits per heavy atom. The first-order chi connectivity index (χ1) is 5.18. The van der Waals surface area contributed by atoms with Crippen molar-refractivity contribution in [3.63, 3.8) is 0 Å². The van der Waals surface area contributed by atoms with E-state index < -0.39 is 0 Å². The fourth-order valence-electron chi connectivity index (χ4n) is 1.69. The van der Waals surface area contributed by atoms with Crippen molar-refractivity contribution in [2.24, 2.45) is 5.92 Å². The molecule has 1 N–H and O–H groups in total. The molecular weight excluding hydrogens is 138 g/mol. The number of nitrogens with one attached hydrogen (secondary N) is 1. The summed E-state index contributed by atoms with van der Waals surface area (Å²) in [6.45, 7) is 3.88. The Morgan fingerprint density at radius 3 is 2.27 bits per heavy atom. The van der Waals surface area contributed by atoms with Crippen LogP contribution in [-0.2, 0) is 4.79 Å². The van der Waals surface area contributed by atoms with Crippen LogP contribution in [0, 0.1) is 5.92 Å². The lowest BCUT2D eigenvalue weighted by molar-refractivity contribution is -0.119. The molecule has 1 saturated carbocycles. The molecule has 64 valence electrons. The van der Waals surface area contributed by atoms with Gasteiger partial charge in [-0.15, -0.1) is 0 Å². The summed E-state index contributed by atoms with van der Waals surface area (Å²) in [6, 6.07) is 0.462. The molecule has 0 bridgehead atoms. The summed E-state index contributed by atoms with van der Waals surface area (Å²) in [7, 11) is 0. The zero-order valence-electron chi connectivity index (χ0n) is 7.39. The van der Waals surface area contributed by atoms with E-state index in [0.29, 0.717) is 6.04 Å². The van der Waals surface area contributed by atoms with Crippen LogP contribution in [0.3, 0.4) is 0 Å². The van der Waals surface area contributed by atoms with Gasteiger partial charge in [0.1, 0.15) is 0 Å². The number of amides is 1. The second-order valence-electron chi connectivity index (χ2n) is 3.66. The highest BCUT2D eigenvalue weighted by Crippen LogP contribution is 2.23. The molecule has 0 aromatic heterocycles. The van der Waals surface area contributed by atoms with Crippen LogP contribution in [0.4, 0.5) is 0 Å². The molecule has 1 aliphatic rings. The van der Waals surface area contributed by atoms with Crippen LogP contribution < -0.4 is 5.32 Å². The zero-order chi connectivity index (χ0) is 8.27. The monoisotopic (exact) mass is 155 g/mol. The van der Waals surface area contributed by atoms with Crippen molar-refractivity contribution in [3.05, 3.63) is 0 Å². The Bertz CT molecular complexity index is 136. The summed E-state index contributed by atoms with van der Waals surface area (Å²) < 4.78 is 0. The zero-order valence-corrected chi connectivity index (χ0v) is 7.39. The summed E-state index contributed by atoms with van der Waals surface area (Å²) in [5.41, 5.74) is 0. The topological polar surface area (TPSA) is 29.1 Å². The molecule has 2 heteroatoms. The van der Waals surface area contributed by atoms with Crippen LogP contribution in [0.1, 0.15) is 39.5 Å². The second kappa shape index (κ2) is 3.74. The largest absolute Gasteiger partial charge is 0.354 e. The maximum Gasteiger partial charge on any atom is 0.217 e. The molecule has 1 rings (SSSR count). The van der Waals surface area contributed by atoms with E-state index in [1.807, 2.05) is 0 Å². The molecule has 1 fully saturated rings. The number of hydrogen-bond acceptors (Lipinski definition) is 1. The maximum atomic E-state index is 10.7. The van der Waals surface area contributed by atoms with Crippen molar-refractivity contribution in [2.75, 3.05) is 0 Å². The number of hydrogen-bond donors (Lipinski definition) is 1. The van der Waals surface area contributed by atoms with E-state index in [4.69, 9.17) is 0 Å². The van der Waals surface area contributed by atoms with Gasteiger partial charge in [0.2, 0.25) is 5.91 Å². The fourth-order valence-corrected chi connectivity index (χ4v) is 1.69. The van der Waals surface area contributed by atoms with Gasteiger partial charge in [-0.1, -0.05) is 6.92 Å². The van der Waals surface area contributed by atoms with E-state index in [9.17, 15) is 4.79 Å². The summed E-state index contributed by atoms with van der Waals surface area (Å²) in [6.07, 6.45) is 4.87. The van der Waals surface area contributed by atoms with E-state index in [1.54, 1.807) is 6.92 Å². The molecule has 0 unspecified atom stereocenters. The van der Waals surface area contributed by atoms with Gasteiger partial charge in [-0.2, -0.15) is 0 Å². The SMILES string of the molecule is CC(=O)N[C@H]1CC[C@H](C)CC1. The molecule has 0 aromatic rings. The third kappa shape index (κ3) is 2.91. The van der Waals surface area contributed by atoms with Gasteiger partial charge in [0, 0.05) is 13.0 Å². The number of rotatable bonds is 1. The van der Waals surface area contributed by atoms with E-state index in [2.05, 4.69) is 12.2 Å². The standard InChI is InChI=1S/C9H17NO/c1-7-3-5-9(6-4-7)10-8(2)11/h7,9H,3-6H2,1-2H3,(H,10,11)/t7-,9-. The Balaban J connectivity index is 2.22. The summed E-state index contributed by atoms with van der Waals surface area (Å²) >= 11 is 0. The molecule has 0 atom stereocenters. The highest BCUT2D eigenvalue weighted by atomic mass is 16.1. The van der Waals surface area contributed by atoms with Crippen molar-refractivity contribution < 1.29 is 4.79 Å². The predicted octanol–water partition coefficient (Wildman–Crippen LogP) is 1.70. The predicted molar refractivity (Wildman–Crippen MR) is 45.2 cm³/mol. The summed E-state index contributed by atoms with van der Waals surface area (Å²) in [4.78, 5) is 10.7. The Kier molecular flexibility index (Phi) is 2.92. The fraction of sp³-hybridized carbons (Fsp3) is 0.889. The first-order valence-electron chi connectivity index (χ1n) is 4.45. The summed E-state index contributed by atoms with van der Waals surface area (Å²) in [5, 5.41) is 2.96. The van der Waals surface area contributed by atoms with Crippen molar-refractivity contribution in [1.29, 1.82) is 0 Å². The van der Waals surface area contributed by atoms with Gasteiger partial charge in [0.25, 0.3) is 0 Å². The average molecular weight is 155 g/mol. The minimum absolute atomic E-state index is 0.115. The van der Waals surface area contributed by atoms with Crippen LogP contribution in [0.5, 0.6) is 0 Å². The van der Waals surface area contributed by atoms with Gasteiger partial charge in [0.15, 0.2) is 0 Å². The quantitative estimate of drug-likeness (QED) is 0.613. The Labute approximate surface area is 68.4 Å². The molecule has 2 nitrogen and oxygen atoms in total. The average Bonchev–Trinajstić information content (AvgIpc) is 1.93.